The van der Waals surface area contributed by atoms with Crippen LogP contribution in [0.2, 0.25) is 0 Å². The van der Waals surface area contributed by atoms with Gasteiger partial charge in [0.2, 0.25) is 5.91 Å². The van der Waals surface area contributed by atoms with E-state index in [2.05, 4.69) is 10.6 Å². The molecule has 0 radical (unpaired) electrons. The van der Waals surface area contributed by atoms with Gasteiger partial charge in [-0.2, -0.15) is 0 Å². The number of amides is 2. The first-order valence-electron chi connectivity index (χ1n) is 7.25. The molecule has 0 aliphatic heterocycles. The topological polar surface area (TPSA) is 76.7 Å². The summed E-state index contributed by atoms with van der Waals surface area (Å²) >= 11 is 0. The summed E-state index contributed by atoms with van der Waals surface area (Å²) in [6, 6.07) is 6.70. The summed E-state index contributed by atoms with van der Waals surface area (Å²) in [6.07, 6.45) is 0.0810. The van der Waals surface area contributed by atoms with E-state index in [1.165, 1.54) is 0 Å². The lowest BCUT2D eigenvalue weighted by Crippen LogP contribution is -2.42. The summed E-state index contributed by atoms with van der Waals surface area (Å²) in [4.78, 5) is 23.6. The van der Waals surface area contributed by atoms with E-state index in [1.807, 2.05) is 20.8 Å². The molecule has 1 atom stereocenters. The van der Waals surface area contributed by atoms with Crippen LogP contribution in [0, 0.1) is 0 Å². The maximum Gasteiger partial charge on any atom is 0.251 e. The van der Waals surface area contributed by atoms with Gasteiger partial charge >= 0.3 is 0 Å². The molecule has 1 aromatic carbocycles. The van der Waals surface area contributed by atoms with Gasteiger partial charge in [-0.3, -0.25) is 9.59 Å². The fourth-order valence-electron chi connectivity index (χ4n) is 1.84. The Hall–Kier alpha value is -2.08. The molecule has 6 nitrogen and oxygen atoms in total. The minimum Gasteiger partial charge on any atom is -0.491 e. The van der Waals surface area contributed by atoms with Gasteiger partial charge in [0.25, 0.3) is 5.91 Å². The monoisotopic (exact) mass is 308 g/mol. The van der Waals surface area contributed by atoms with E-state index in [1.54, 1.807) is 31.4 Å². The molecule has 2 N–H and O–H groups in total. The highest BCUT2D eigenvalue weighted by molar-refractivity contribution is 5.96. The van der Waals surface area contributed by atoms with Crippen molar-refractivity contribution in [3.05, 3.63) is 29.8 Å². The summed E-state index contributed by atoms with van der Waals surface area (Å²) < 4.78 is 10.4. The van der Waals surface area contributed by atoms with Crippen LogP contribution >= 0.6 is 0 Å². The first-order chi connectivity index (χ1) is 10.4. The van der Waals surface area contributed by atoms with Gasteiger partial charge in [0, 0.05) is 18.7 Å². The average molecular weight is 308 g/mol. The van der Waals surface area contributed by atoms with E-state index in [-0.39, 0.29) is 30.5 Å². The Bertz CT molecular complexity index is 485. The van der Waals surface area contributed by atoms with Crippen LogP contribution in [-0.4, -0.2) is 44.2 Å². The zero-order chi connectivity index (χ0) is 16.5. The third-order valence-corrected chi connectivity index (χ3v) is 2.72. The molecule has 0 aliphatic carbocycles. The highest BCUT2D eigenvalue weighted by Gasteiger charge is 2.10. The minimum atomic E-state index is -0.300. The summed E-state index contributed by atoms with van der Waals surface area (Å²) in [5.41, 5.74) is 0.480. The van der Waals surface area contributed by atoms with Crippen LogP contribution in [0.5, 0.6) is 5.75 Å². The number of ether oxygens (including phenoxy) is 2. The van der Waals surface area contributed by atoms with Crippen LogP contribution < -0.4 is 15.4 Å². The second-order valence-electron chi connectivity index (χ2n) is 5.30. The van der Waals surface area contributed by atoms with E-state index in [0.717, 1.165) is 0 Å². The smallest absolute Gasteiger partial charge is 0.251 e. The number of benzene rings is 1. The normalized spacial score (nSPS) is 11.9. The average Bonchev–Trinajstić information content (AvgIpc) is 2.45. The molecule has 22 heavy (non-hydrogen) atoms. The molecule has 0 fully saturated rings. The van der Waals surface area contributed by atoms with Crippen molar-refractivity contribution in [3.63, 3.8) is 0 Å². The lowest BCUT2D eigenvalue weighted by atomic mass is 10.2. The van der Waals surface area contributed by atoms with E-state index in [0.29, 0.717) is 17.9 Å². The van der Waals surface area contributed by atoms with E-state index < -0.39 is 0 Å². The van der Waals surface area contributed by atoms with Crippen LogP contribution in [0.15, 0.2) is 24.3 Å². The lowest BCUT2D eigenvalue weighted by Gasteiger charge is -2.13. The van der Waals surface area contributed by atoms with Gasteiger partial charge in [0.1, 0.15) is 5.75 Å². The van der Waals surface area contributed by atoms with Gasteiger partial charge in [-0.25, -0.2) is 0 Å². The summed E-state index contributed by atoms with van der Waals surface area (Å²) in [7, 11) is 1.57. The number of hydrogen-bond donors (Lipinski definition) is 2. The van der Waals surface area contributed by atoms with Crippen LogP contribution in [0.3, 0.4) is 0 Å². The van der Waals surface area contributed by atoms with Crippen molar-refractivity contribution >= 4 is 11.8 Å². The van der Waals surface area contributed by atoms with Crippen molar-refractivity contribution in [3.8, 4) is 5.75 Å². The Balaban J connectivity index is 2.43. The van der Waals surface area contributed by atoms with E-state index in [4.69, 9.17) is 9.47 Å². The van der Waals surface area contributed by atoms with Gasteiger partial charge in [0.15, 0.2) is 0 Å². The number of rotatable bonds is 8. The van der Waals surface area contributed by atoms with Gasteiger partial charge in [-0.1, -0.05) is 0 Å². The molecular formula is C16H24N2O4. The minimum absolute atomic E-state index is 0.0723. The van der Waals surface area contributed by atoms with Gasteiger partial charge < -0.3 is 20.1 Å². The number of carbonyl (C=O) groups is 2. The standard InChI is InChI=1S/C16H24N2O4/c1-11(2)22-14-7-5-13(6-8-14)16(20)17-9-15(19)18-12(3)10-21-4/h5-8,11-12H,9-10H2,1-4H3,(H,17,20)(H,18,19)/t12-/m0/s1. The number of carbonyl (C=O) groups excluding carboxylic acids is 2. The molecule has 1 aromatic rings. The second-order valence-corrected chi connectivity index (χ2v) is 5.30. The van der Waals surface area contributed by atoms with Crippen molar-refractivity contribution in [2.75, 3.05) is 20.3 Å². The first kappa shape index (κ1) is 18.0. The van der Waals surface area contributed by atoms with Gasteiger partial charge in [-0.15, -0.1) is 0 Å². The Kier molecular flexibility index (Phi) is 7.39. The highest BCUT2D eigenvalue weighted by atomic mass is 16.5. The third kappa shape index (κ3) is 6.58. The number of methoxy groups -OCH3 is 1. The first-order valence-corrected chi connectivity index (χ1v) is 7.25. The summed E-state index contributed by atoms with van der Waals surface area (Å²) in [5.74, 6) is 0.154. The van der Waals surface area contributed by atoms with Crippen LogP contribution in [0.25, 0.3) is 0 Å². The zero-order valence-electron chi connectivity index (χ0n) is 13.5. The summed E-state index contributed by atoms with van der Waals surface area (Å²) in [5, 5.41) is 5.29. The Labute approximate surface area is 131 Å². The van der Waals surface area contributed by atoms with E-state index in [9.17, 15) is 9.59 Å². The fourth-order valence-corrected chi connectivity index (χ4v) is 1.84. The van der Waals surface area contributed by atoms with Crippen LogP contribution in [0.1, 0.15) is 31.1 Å². The molecule has 122 valence electrons. The quantitative estimate of drug-likeness (QED) is 0.760. The zero-order valence-corrected chi connectivity index (χ0v) is 13.5. The van der Waals surface area contributed by atoms with Crippen LogP contribution in [-0.2, 0) is 9.53 Å². The predicted octanol–water partition coefficient (Wildman–Crippen LogP) is 1.35. The molecule has 0 bridgehead atoms. The second kappa shape index (κ2) is 9.04. The molecule has 0 saturated heterocycles. The van der Waals surface area contributed by atoms with Crippen molar-refractivity contribution in [1.82, 2.24) is 10.6 Å². The molecule has 6 heteroatoms. The number of nitrogens with one attached hydrogen (secondary N) is 2. The molecule has 0 unspecified atom stereocenters. The van der Waals surface area contributed by atoms with Crippen molar-refractivity contribution < 1.29 is 19.1 Å². The molecule has 2 amide bonds. The van der Waals surface area contributed by atoms with Gasteiger partial charge in [-0.05, 0) is 45.0 Å². The Morgan fingerprint density at radius 2 is 1.77 bits per heavy atom. The highest BCUT2D eigenvalue weighted by Crippen LogP contribution is 2.13. The Morgan fingerprint density at radius 3 is 2.32 bits per heavy atom. The maximum absolute atomic E-state index is 11.9. The molecule has 0 heterocycles. The lowest BCUT2D eigenvalue weighted by molar-refractivity contribution is -0.121. The predicted molar refractivity (Wildman–Crippen MR) is 84.0 cm³/mol. The van der Waals surface area contributed by atoms with E-state index >= 15 is 0 Å². The molecule has 0 saturated carbocycles. The number of hydrogen-bond acceptors (Lipinski definition) is 4. The molecule has 0 aromatic heterocycles. The molecule has 0 aliphatic rings. The summed E-state index contributed by atoms with van der Waals surface area (Å²) in [6.45, 7) is 6.05. The maximum atomic E-state index is 11.9. The van der Waals surface area contributed by atoms with Crippen molar-refractivity contribution in [2.24, 2.45) is 0 Å². The van der Waals surface area contributed by atoms with Crippen LogP contribution in [0.4, 0.5) is 0 Å². The fraction of sp³-hybridized carbons (Fsp3) is 0.500. The van der Waals surface area contributed by atoms with Crippen molar-refractivity contribution in [2.45, 2.75) is 32.9 Å². The van der Waals surface area contributed by atoms with Crippen molar-refractivity contribution in [1.29, 1.82) is 0 Å². The van der Waals surface area contributed by atoms with Gasteiger partial charge in [0.05, 0.1) is 19.3 Å². The molecule has 0 spiro atoms. The Morgan fingerprint density at radius 1 is 1.14 bits per heavy atom. The third-order valence-electron chi connectivity index (χ3n) is 2.72. The largest absolute Gasteiger partial charge is 0.491 e. The SMILES string of the molecule is COC[C@H](C)NC(=O)CNC(=O)c1ccc(OC(C)C)cc1. The molecular weight excluding hydrogens is 284 g/mol. The molecule has 1 rings (SSSR count).